The molecule has 1 fully saturated rings. The number of ether oxygens (including phenoxy) is 3. The van der Waals surface area contributed by atoms with Crippen LogP contribution in [0.4, 0.5) is 18.0 Å². The molecule has 3 aromatic carbocycles. The predicted octanol–water partition coefficient (Wildman–Crippen LogP) is 10.1. The maximum atomic E-state index is 16.1. The van der Waals surface area contributed by atoms with Gasteiger partial charge in [-0.1, -0.05) is 44.9 Å². The van der Waals surface area contributed by atoms with Crippen molar-refractivity contribution in [3.63, 3.8) is 0 Å². The number of aromatic nitrogens is 3. The Bertz CT molecular complexity index is 3040. The molecule has 1 saturated heterocycles. The van der Waals surface area contributed by atoms with E-state index >= 15 is 13.2 Å². The first-order valence-corrected chi connectivity index (χ1v) is 24.9. The molecule has 0 spiro atoms. The molecule has 12 nitrogen and oxygen atoms in total. The van der Waals surface area contributed by atoms with Crippen molar-refractivity contribution in [3.05, 3.63) is 122 Å². The number of amides is 1. The average molecular weight is 959 g/mol. The molecule has 1 N–H and O–H groups in total. The van der Waals surface area contributed by atoms with Crippen LogP contribution in [0.15, 0.2) is 65.5 Å². The van der Waals surface area contributed by atoms with Gasteiger partial charge in [0.1, 0.15) is 35.4 Å². The number of alkyl halides is 1. The lowest BCUT2D eigenvalue weighted by Gasteiger charge is -2.43. The van der Waals surface area contributed by atoms with Crippen LogP contribution in [-0.4, -0.2) is 98.9 Å². The van der Waals surface area contributed by atoms with Crippen molar-refractivity contribution in [1.29, 1.82) is 0 Å². The minimum atomic E-state index is -1.58. The van der Waals surface area contributed by atoms with E-state index in [2.05, 4.69) is 16.8 Å². The fourth-order valence-electron chi connectivity index (χ4n) is 11.3. The van der Waals surface area contributed by atoms with Crippen molar-refractivity contribution >= 4 is 33.9 Å². The van der Waals surface area contributed by atoms with Gasteiger partial charge in [-0.05, 0) is 106 Å². The van der Waals surface area contributed by atoms with Crippen molar-refractivity contribution in [2.75, 3.05) is 45.9 Å². The Labute approximate surface area is 405 Å². The van der Waals surface area contributed by atoms with E-state index in [1.807, 2.05) is 61.2 Å². The minimum absolute atomic E-state index is 0.0127. The second kappa shape index (κ2) is 19.2. The number of fused-ring (bicyclic) bond motifs is 8. The lowest BCUT2D eigenvalue weighted by Crippen LogP contribution is -2.49. The smallest absolute Gasteiger partial charge is 0.415 e. The number of H-pyrrole nitrogens is 1. The van der Waals surface area contributed by atoms with Crippen molar-refractivity contribution in [2.24, 2.45) is 0 Å². The van der Waals surface area contributed by atoms with Crippen LogP contribution in [0.5, 0.6) is 11.5 Å². The molecule has 368 valence electrons. The van der Waals surface area contributed by atoms with Crippen LogP contribution in [0, 0.1) is 11.6 Å². The summed E-state index contributed by atoms with van der Waals surface area (Å²) in [5.41, 5.74) is 6.20. The van der Waals surface area contributed by atoms with Crippen molar-refractivity contribution in [2.45, 2.75) is 116 Å². The van der Waals surface area contributed by atoms with Crippen LogP contribution in [-0.2, 0) is 35.5 Å². The molecule has 70 heavy (non-hydrogen) atoms. The number of esters is 1. The molecule has 0 saturated carbocycles. The largest absolute Gasteiger partial charge is 0.493 e. The van der Waals surface area contributed by atoms with Gasteiger partial charge in [-0.3, -0.25) is 19.4 Å². The Morgan fingerprint density at radius 3 is 2.40 bits per heavy atom. The number of benzene rings is 3. The highest BCUT2D eigenvalue weighted by atomic mass is 19.1. The zero-order valence-corrected chi connectivity index (χ0v) is 40.6. The van der Waals surface area contributed by atoms with Gasteiger partial charge in [0.2, 0.25) is 0 Å². The van der Waals surface area contributed by atoms with E-state index in [4.69, 9.17) is 19.2 Å². The molecule has 3 aromatic heterocycles. The molecule has 10 rings (SSSR count). The van der Waals surface area contributed by atoms with Crippen molar-refractivity contribution < 1.29 is 37.0 Å². The molecule has 6 aromatic rings. The number of rotatable bonds is 14. The quantitative estimate of drug-likeness (QED) is 0.0839. The fourth-order valence-corrected chi connectivity index (χ4v) is 11.3. The maximum Gasteiger partial charge on any atom is 0.415 e. The topological polar surface area (TPSA) is 122 Å². The summed E-state index contributed by atoms with van der Waals surface area (Å²) >= 11 is 0. The summed E-state index contributed by atoms with van der Waals surface area (Å²) in [6.45, 7) is 13.1. The van der Waals surface area contributed by atoms with Crippen LogP contribution in [0.3, 0.4) is 0 Å². The van der Waals surface area contributed by atoms with E-state index in [1.54, 1.807) is 15.5 Å². The number of aromatic amines is 1. The lowest BCUT2D eigenvalue weighted by atomic mass is 9.87. The molecular weight excluding hydrogens is 898 g/mol. The summed E-state index contributed by atoms with van der Waals surface area (Å²) in [6, 6.07) is 16.8. The van der Waals surface area contributed by atoms with E-state index in [9.17, 15) is 14.4 Å². The SMILES string of the molecule is CCc1c2c(nc3ccc(OC(=O)N4CCN(CCCCCCOc5cc(F)c([C@@H]6c7[nH]c8ccccc8c7C[C@@H](C)N6CC(C)(C)F)c(F)c5)CC4)cc13)-c1cc3c(c(=O)n1C2)COC(=O)[C@@H]3CC. The number of hydrogen-bond donors (Lipinski definition) is 1. The Morgan fingerprint density at radius 1 is 0.900 bits per heavy atom. The number of para-hydroxylation sites is 1. The number of unbranched alkanes of at least 4 members (excludes halogenated alkanes) is 3. The van der Waals surface area contributed by atoms with Crippen molar-refractivity contribution in [1.82, 2.24) is 29.2 Å². The van der Waals surface area contributed by atoms with E-state index < -0.39 is 35.4 Å². The molecule has 15 heteroatoms. The number of hydrogen-bond acceptors (Lipinski definition) is 9. The zero-order valence-electron chi connectivity index (χ0n) is 40.6. The molecule has 3 atom stereocenters. The van der Waals surface area contributed by atoms with E-state index in [1.165, 1.54) is 26.0 Å². The Hall–Kier alpha value is -6.19. The summed E-state index contributed by atoms with van der Waals surface area (Å²) in [6.07, 6.45) is 5.00. The summed E-state index contributed by atoms with van der Waals surface area (Å²) in [7, 11) is 0. The monoisotopic (exact) mass is 958 g/mol. The summed E-state index contributed by atoms with van der Waals surface area (Å²) < 4.78 is 66.3. The van der Waals surface area contributed by atoms with Gasteiger partial charge in [0, 0.05) is 84.0 Å². The third-order valence-corrected chi connectivity index (χ3v) is 14.8. The first kappa shape index (κ1) is 47.5. The molecule has 0 aliphatic carbocycles. The third-order valence-electron chi connectivity index (χ3n) is 14.8. The van der Waals surface area contributed by atoms with E-state index in [-0.39, 0.29) is 42.0 Å². The zero-order chi connectivity index (χ0) is 49.0. The summed E-state index contributed by atoms with van der Waals surface area (Å²) in [5.74, 6) is -1.66. The van der Waals surface area contributed by atoms with Gasteiger partial charge in [-0.25, -0.2) is 22.9 Å². The predicted molar refractivity (Wildman–Crippen MR) is 262 cm³/mol. The molecule has 0 unspecified atom stereocenters. The van der Waals surface area contributed by atoms with Crippen LogP contribution in [0.25, 0.3) is 33.2 Å². The number of nitrogens with one attached hydrogen (secondary N) is 1. The van der Waals surface area contributed by atoms with E-state index in [0.29, 0.717) is 68.2 Å². The molecular formula is C55H61F3N6O6. The highest BCUT2D eigenvalue weighted by Gasteiger charge is 2.41. The highest BCUT2D eigenvalue weighted by molar-refractivity contribution is 5.90. The number of carbonyl (C=O) groups excluding carboxylic acids is 2. The summed E-state index contributed by atoms with van der Waals surface area (Å²) in [4.78, 5) is 54.0. The van der Waals surface area contributed by atoms with Gasteiger partial charge in [0.05, 0.1) is 47.6 Å². The maximum absolute atomic E-state index is 16.1. The van der Waals surface area contributed by atoms with Gasteiger partial charge in [-0.2, -0.15) is 0 Å². The van der Waals surface area contributed by atoms with Crippen LogP contribution in [0.2, 0.25) is 0 Å². The number of nitrogens with zero attached hydrogens (tertiary/aromatic N) is 5. The number of carbonyl (C=O) groups is 2. The van der Waals surface area contributed by atoms with E-state index in [0.717, 1.165) is 95.1 Å². The normalized spacial score (nSPS) is 19.2. The molecule has 7 heterocycles. The number of halogens is 3. The molecule has 1 amide bonds. The van der Waals surface area contributed by atoms with Crippen LogP contribution < -0.4 is 15.0 Å². The Balaban J connectivity index is 0.695. The van der Waals surface area contributed by atoms with Crippen molar-refractivity contribution in [3.8, 4) is 22.9 Å². The van der Waals surface area contributed by atoms with Crippen LogP contribution >= 0.6 is 0 Å². The second-order valence-electron chi connectivity index (χ2n) is 20.0. The second-order valence-corrected chi connectivity index (χ2v) is 20.0. The Morgan fingerprint density at radius 2 is 1.66 bits per heavy atom. The van der Waals surface area contributed by atoms with Crippen LogP contribution in [0.1, 0.15) is 118 Å². The first-order valence-electron chi connectivity index (χ1n) is 24.9. The van der Waals surface area contributed by atoms with Gasteiger partial charge < -0.3 is 28.7 Å². The number of cyclic esters (lactones) is 1. The number of piperazine rings is 1. The summed E-state index contributed by atoms with van der Waals surface area (Å²) in [5, 5.41) is 1.88. The minimum Gasteiger partial charge on any atom is -0.493 e. The van der Waals surface area contributed by atoms with Gasteiger partial charge in [-0.15, -0.1) is 0 Å². The van der Waals surface area contributed by atoms with Gasteiger partial charge >= 0.3 is 12.1 Å². The average Bonchev–Trinajstić information content (AvgIpc) is 3.89. The Kier molecular flexibility index (Phi) is 13.0. The molecule has 0 radical (unpaired) electrons. The van der Waals surface area contributed by atoms with Gasteiger partial charge in [0.25, 0.3) is 5.56 Å². The number of aryl methyl sites for hydroxylation is 1. The van der Waals surface area contributed by atoms with Gasteiger partial charge in [0.15, 0.2) is 0 Å². The third kappa shape index (κ3) is 8.95. The standard InChI is InChI=1S/C55H61F3N6O6/c1-6-35-39-25-33(16-17-46(39)59-49-41(35)29-63-47(49)28-38-36(7-2)53(66)69-30-42(38)52(63)65)70-54(67)62-21-19-61(20-22-62)18-12-8-9-13-23-68-34-26-43(56)48(44(57)27-34)51-50-40(37-14-10-11-15-45(37)60-50)24-32(3)64(51)31-55(4,5)58/h10-11,14-17,25-28,32,36,51,60H,6-9,12-13,18-24,29-31H2,1-5H3/t32-,36-,51-/m1/s1. The molecule has 0 bridgehead atoms. The first-order chi connectivity index (χ1) is 33.7. The fraction of sp³-hybridized carbons (Fsp3) is 0.455. The molecule has 4 aliphatic rings. The highest BCUT2D eigenvalue weighted by Crippen LogP contribution is 2.44. The lowest BCUT2D eigenvalue weighted by molar-refractivity contribution is -0.148. The molecule has 4 aliphatic heterocycles. The number of pyridine rings is 2.